The molecule has 1 nitrogen and oxygen atoms in total. The van der Waals surface area contributed by atoms with E-state index in [4.69, 9.17) is 62.1 Å². The van der Waals surface area contributed by atoms with Crippen molar-refractivity contribution < 1.29 is 8.85 Å². The summed E-state index contributed by atoms with van der Waals surface area (Å²) in [6.45, 7) is 0. The summed E-state index contributed by atoms with van der Waals surface area (Å²) in [6, 6.07) is 0. The first-order valence-corrected chi connectivity index (χ1v) is 4.74. The van der Waals surface area contributed by atoms with Crippen molar-refractivity contribution in [3.8, 4) is 5.75 Å². The highest BCUT2D eigenvalue weighted by Gasteiger charge is 2.19. The van der Waals surface area contributed by atoms with Gasteiger partial charge in [0.05, 0.1) is 26.2 Å². The molecule has 72 valence electrons. The van der Waals surface area contributed by atoms with Crippen LogP contribution in [0.5, 0.6) is 5.75 Å². The van der Waals surface area contributed by atoms with Crippen LogP contribution in [0.1, 0.15) is 4.11 Å². The molecule has 0 atom stereocenters. The van der Waals surface area contributed by atoms with Crippen molar-refractivity contribution in [3.63, 3.8) is 0 Å². The van der Waals surface area contributed by atoms with Gasteiger partial charge in [0.15, 0.2) is 5.75 Å². The molecule has 1 aromatic rings. The largest absolute Gasteiger partial charge is 0.494 e. The van der Waals surface area contributed by atoms with Crippen LogP contribution in [0.3, 0.4) is 0 Å². The van der Waals surface area contributed by atoms with Gasteiger partial charge in [0.25, 0.3) is 0 Å². The molecule has 0 aliphatic heterocycles. The summed E-state index contributed by atoms with van der Waals surface area (Å²) in [5.41, 5.74) is 0. The van der Waals surface area contributed by atoms with E-state index in [0.29, 0.717) is 0 Å². The summed E-state index contributed by atoms with van der Waals surface area (Å²) in [7, 11) is -2.71. The van der Waals surface area contributed by atoms with Crippen LogP contribution in [-0.4, -0.2) is 7.04 Å². The molecule has 0 heterocycles. The quantitative estimate of drug-likeness (QED) is 0.522. The molecule has 0 amide bonds. The van der Waals surface area contributed by atoms with E-state index in [-0.39, 0.29) is 30.9 Å². The Kier molecular flexibility index (Phi) is 2.57. The molecule has 0 spiro atoms. The van der Waals surface area contributed by atoms with Crippen LogP contribution in [0.4, 0.5) is 0 Å². The maximum Gasteiger partial charge on any atom is 0.159 e. The number of methoxy groups -OCH3 is 1. The molecule has 13 heavy (non-hydrogen) atoms. The Morgan fingerprint density at radius 1 is 0.846 bits per heavy atom. The lowest BCUT2D eigenvalue weighted by molar-refractivity contribution is 0.415. The van der Waals surface area contributed by atoms with E-state index >= 15 is 0 Å². The molecule has 0 radical (unpaired) electrons. The minimum atomic E-state index is -2.71. The minimum Gasteiger partial charge on any atom is -0.494 e. The Balaban J connectivity index is 3.40. The number of benzene rings is 1. The maximum atomic E-state index is 6.93. The van der Waals surface area contributed by atoms with Gasteiger partial charge < -0.3 is 4.74 Å². The molecule has 1 aromatic carbocycles. The molecule has 0 aromatic heterocycles. The van der Waals surface area contributed by atoms with Gasteiger partial charge in [-0.05, 0) is 0 Å². The lowest BCUT2D eigenvalue weighted by Crippen LogP contribution is -1.88. The Bertz CT molecular complexity index is 402. The van der Waals surface area contributed by atoms with Gasteiger partial charge in [-0.15, -0.1) is 0 Å². The Labute approximate surface area is 105 Å². The van der Waals surface area contributed by atoms with Crippen molar-refractivity contribution in [2.75, 3.05) is 7.04 Å². The predicted octanol–water partition coefficient (Wildman–Crippen LogP) is 4.96. The zero-order chi connectivity index (χ0) is 12.7. The summed E-state index contributed by atoms with van der Waals surface area (Å²) in [5, 5.41) is -0.681. The van der Waals surface area contributed by atoms with Crippen molar-refractivity contribution in [1.29, 1.82) is 0 Å². The van der Waals surface area contributed by atoms with Crippen LogP contribution >= 0.6 is 58.0 Å². The summed E-state index contributed by atoms with van der Waals surface area (Å²) in [5.74, 6) is -0.317. The SMILES string of the molecule is [2H]C([2H])([2H])Oc1c(Cl)c(Cl)c(Cl)c(Cl)c1Cl. The maximum absolute atomic E-state index is 6.93. The van der Waals surface area contributed by atoms with Gasteiger partial charge in [-0.25, -0.2) is 0 Å². The molecule has 0 saturated heterocycles. The molecular weight excluding hydrogens is 277 g/mol. The van der Waals surface area contributed by atoms with Gasteiger partial charge in [-0.2, -0.15) is 0 Å². The van der Waals surface area contributed by atoms with E-state index in [0.717, 1.165) is 0 Å². The standard InChI is InChI=1S/C7H3Cl5O/c1-13-7-5(11)3(9)2(8)4(10)6(7)12/h1H3/i1D3. The third-order valence-corrected chi connectivity index (χ3v) is 3.51. The number of hydrogen-bond donors (Lipinski definition) is 0. The van der Waals surface area contributed by atoms with Crippen LogP contribution in [0.25, 0.3) is 0 Å². The van der Waals surface area contributed by atoms with Gasteiger partial charge in [0, 0.05) is 0 Å². The monoisotopic (exact) mass is 281 g/mol. The smallest absolute Gasteiger partial charge is 0.159 e. The predicted molar refractivity (Wildman–Crippen MR) is 58.0 cm³/mol. The van der Waals surface area contributed by atoms with Gasteiger partial charge in [0.1, 0.15) is 10.0 Å². The summed E-state index contributed by atoms with van der Waals surface area (Å²) in [6.07, 6.45) is 0. The third kappa shape index (κ3) is 1.95. The van der Waals surface area contributed by atoms with E-state index in [1.807, 2.05) is 0 Å². The number of ether oxygens (including phenoxy) is 1. The molecule has 0 aliphatic rings. The van der Waals surface area contributed by atoms with Crippen LogP contribution in [-0.2, 0) is 0 Å². The molecule has 6 heteroatoms. The Morgan fingerprint density at radius 3 is 1.62 bits per heavy atom. The highest BCUT2D eigenvalue weighted by atomic mass is 35.5. The second-order valence-corrected chi connectivity index (χ2v) is 3.89. The van der Waals surface area contributed by atoms with Crippen LogP contribution in [0, 0.1) is 0 Å². The topological polar surface area (TPSA) is 9.23 Å². The van der Waals surface area contributed by atoms with E-state index in [2.05, 4.69) is 4.74 Å². The van der Waals surface area contributed by atoms with E-state index in [9.17, 15) is 0 Å². The molecular formula is C7H3Cl5O. The van der Waals surface area contributed by atoms with Gasteiger partial charge in [-0.3, -0.25) is 0 Å². The lowest BCUT2D eigenvalue weighted by Gasteiger charge is -2.10. The molecule has 0 bridgehead atoms. The highest BCUT2D eigenvalue weighted by Crippen LogP contribution is 2.47. The minimum absolute atomic E-state index is 0.0591. The normalized spacial score (nSPS) is 14.7. The zero-order valence-electron chi connectivity index (χ0n) is 8.80. The molecule has 0 saturated carbocycles. The molecule has 0 N–H and O–H groups in total. The zero-order valence-corrected chi connectivity index (χ0v) is 9.58. The second-order valence-electron chi connectivity index (χ2n) is 2.00. The third-order valence-electron chi connectivity index (χ3n) is 1.27. The fraction of sp³-hybridized carbons (Fsp3) is 0.143. The van der Waals surface area contributed by atoms with E-state index in [1.165, 1.54) is 0 Å². The Morgan fingerprint density at radius 2 is 1.23 bits per heavy atom. The summed E-state index contributed by atoms with van der Waals surface area (Å²) in [4.78, 5) is 0. The van der Waals surface area contributed by atoms with Crippen molar-refractivity contribution >= 4 is 58.0 Å². The molecule has 0 aliphatic carbocycles. The van der Waals surface area contributed by atoms with E-state index < -0.39 is 7.04 Å². The van der Waals surface area contributed by atoms with Crippen molar-refractivity contribution in [2.45, 2.75) is 0 Å². The fourth-order valence-electron chi connectivity index (χ4n) is 0.674. The molecule has 1 rings (SSSR count). The van der Waals surface area contributed by atoms with Gasteiger partial charge in [-0.1, -0.05) is 58.0 Å². The average Bonchev–Trinajstić information content (AvgIpc) is 2.17. The first-order valence-electron chi connectivity index (χ1n) is 4.35. The lowest BCUT2D eigenvalue weighted by atomic mass is 10.3. The molecule has 0 unspecified atom stereocenters. The van der Waals surface area contributed by atoms with Crippen molar-refractivity contribution in [1.82, 2.24) is 0 Å². The van der Waals surface area contributed by atoms with Gasteiger partial charge in [0.2, 0.25) is 0 Å². The van der Waals surface area contributed by atoms with E-state index in [1.54, 1.807) is 0 Å². The average molecular weight is 283 g/mol. The van der Waals surface area contributed by atoms with Crippen molar-refractivity contribution in [2.24, 2.45) is 0 Å². The number of hydrogen-bond acceptors (Lipinski definition) is 1. The van der Waals surface area contributed by atoms with Gasteiger partial charge >= 0.3 is 0 Å². The summed E-state index contributed by atoms with van der Waals surface area (Å²) >= 11 is 28.6. The Hall–Kier alpha value is 0.470. The second kappa shape index (κ2) is 4.33. The number of rotatable bonds is 1. The van der Waals surface area contributed by atoms with Crippen LogP contribution in [0.2, 0.25) is 25.1 Å². The fourth-order valence-corrected chi connectivity index (χ4v) is 1.87. The van der Waals surface area contributed by atoms with Crippen LogP contribution < -0.4 is 4.74 Å². The molecule has 0 fully saturated rings. The first-order chi connectivity index (χ1) is 7.15. The number of halogens is 5. The highest BCUT2D eigenvalue weighted by molar-refractivity contribution is 6.55. The first kappa shape index (κ1) is 7.72. The summed E-state index contributed by atoms with van der Waals surface area (Å²) < 4.78 is 25.4. The van der Waals surface area contributed by atoms with Crippen molar-refractivity contribution in [3.05, 3.63) is 25.1 Å². The van der Waals surface area contributed by atoms with Crippen LogP contribution in [0.15, 0.2) is 0 Å².